The lowest BCUT2D eigenvalue weighted by molar-refractivity contribution is 0.0743. The predicted octanol–water partition coefficient (Wildman–Crippen LogP) is 2.60. The van der Waals surface area contributed by atoms with E-state index in [1.54, 1.807) is 11.1 Å². The Morgan fingerprint density at radius 1 is 1.20 bits per heavy atom. The summed E-state index contributed by atoms with van der Waals surface area (Å²) in [5, 5.41) is 4.00. The third kappa shape index (κ3) is 3.36. The molecule has 0 atom stereocenters. The van der Waals surface area contributed by atoms with E-state index < -0.39 is 0 Å². The van der Waals surface area contributed by atoms with Gasteiger partial charge in [-0.15, -0.1) is 0 Å². The van der Waals surface area contributed by atoms with E-state index in [0.29, 0.717) is 5.82 Å². The first-order valence-corrected chi connectivity index (χ1v) is 9.05. The molecule has 4 heterocycles. The normalized spacial score (nSPS) is 18.8. The number of rotatable bonds is 3. The van der Waals surface area contributed by atoms with Crippen LogP contribution in [0.2, 0.25) is 0 Å². The van der Waals surface area contributed by atoms with E-state index in [9.17, 15) is 4.79 Å². The molecule has 25 heavy (non-hydrogen) atoms. The molecule has 4 rings (SSSR count). The number of amides is 1. The zero-order valence-corrected chi connectivity index (χ0v) is 14.5. The molecule has 2 aromatic rings. The van der Waals surface area contributed by atoms with E-state index in [1.807, 2.05) is 12.1 Å². The molecule has 0 spiro atoms. The van der Waals surface area contributed by atoms with E-state index in [0.717, 1.165) is 56.3 Å². The highest BCUT2D eigenvalue weighted by molar-refractivity contribution is 5.90. The van der Waals surface area contributed by atoms with E-state index >= 15 is 0 Å². The summed E-state index contributed by atoms with van der Waals surface area (Å²) >= 11 is 0. The first kappa shape index (κ1) is 16.1. The highest BCUT2D eigenvalue weighted by Crippen LogP contribution is 2.25. The van der Waals surface area contributed by atoms with E-state index in [-0.39, 0.29) is 11.8 Å². The van der Waals surface area contributed by atoms with Gasteiger partial charge in [0.25, 0.3) is 0 Å². The van der Waals surface area contributed by atoms with Gasteiger partial charge in [-0.25, -0.2) is 4.98 Å². The van der Waals surface area contributed by atoms with Crippen molar-refractivity contribution in [3.8, 4) is 11.4 Å². The number of aromatic nitrogens is 3. The fraction of sp³-hybridized carbons (Fsp3) is 0.556. The lowest BCUT2D eigenvalue weighted by Crippen LogP contribution is -2.33. The second kappa shape index (κ2) is 6.82. The van der Waals surface area contributed by atoms with E-state index in [2.05, 4.69) is 26.9 Å². The molecule has 0 saturated carbocycles. The summed E-state index contributed by atoms with van der Waals surface area (Å²) in [5.74, 6) is 2.05. The standard InChI is InChI=1S/C18H23N5O2/c1-13-5-10-22(11-6-13)15-12-14(4-7-19-15)16-20-17(25-21-16)18(24)23-8-2-3-9-23/h4,7,12-13H,2-3,5-6,8-11H2,1H3. The van der Waals surface area contributed by atoms with Crippen molar-refractivity contribution >= 4 is 11.7 Å². The van der Waals surface area contributed by atoms with Gasteiger partial charge < -0.3 is 14.3 Å². The summed E-state index contributed by atoms with van der Waals surface area (Å²) in [7, 11) is 0. The highest BCUT2D eigenvalue weighted by Gasteiger charge is 2.25. The zero-order valence-electron chi connectivity index (χ0n) is 14.5. The van der Waals surface area contributed by atoms with Gasteiger partial charge in [0, 0.05) is 37.9 Å². The zero-order chi connectivity index (χ0) is 17.2. The van der Waals surface area contributed by atoms with Crippen molar-refractivity contribution in [2.45, 2.75) is 32.6 Å². The van der Waals surface area contributed by atoms with Gasteiger partial charge in [0.1, 0.15) is 5.82 Å². The van der Waals surface area contributed by atoms with Crippen LogP contribution in [-0.2, 0) is 0 Å². The molecule has 0 unspecified atom stereocenters. The van der Waals surface area contributed by atoms with Crippen molar-refractivity contribution in [1.82, 2.24) is 20.0 Å². The number of nitrogens with zero attached hydrogens (tertiary/aromatic N) is 5. The second-order valence-corrected chi connectivity index (χ2v) is 6.99. The highest BCUT2D eigenvalue weighted by atomic mass is 16.5. The third-order valence-corrected chi connectivity index (χ3v) is 5.11. The van der Waals surface area contributed by atoms with Crippen LogP contribution >= 0.6 is 0 Å². The van der Waals surface area contributed by atoms with Crippen molar-refractivity contribution in [2.24, 2.45) is 5.92 Å². The Kier molecular flexibility index (Phi) is 4.38. The monoisotopic (exact) mass is 341 g/mol. The van der Waals surface area contributed by atoms with E-state index in [1.165, 1.54) is 12.8 Å². The maximum atomic E-state index is 12.3. The first-order valence-electron chi connectivity index (χ1n) is 9.05. The van der Waals surface area contributed by atoms with Gasteiger partial charge in [-0.1, -0.05) is 12.1 Å². The number of piperidine rings is 1. The number of hydrogen-bond donors (Lipinski definition) is 0. The quantitative estimate of drug-likeness (QED) is 0.854. The molecule has 0 N–H and O–H groups in total. The van der Waals surface area contributed by atoms with Gasteiger partial charge in [-0.3, -0.25) is 4.79 Å². The molecule has 0 bridgehead atoms. The lowest BCUT2D eigenvalue weighted by atomic mass is 9.99. The van der Waals surface area contributed by atoms with Crippen molar-refractivity contribution in [3.63, 3.8) is 0 Å². The molecule has 0 radical (unpaired) electrons. The summed E-state index contributed by atoms with van der Waals surface area (Å²) in [6.45, 7) is 5.86. The van der Waals surface area contributed by atoms with Crippen LogP contribution in [0.3, 0.4) is 0 Å². The number of likely N-dealkylation sites (tertiary alicyclic amines) is 1. The minimum Gasteiger partial charge on any atom is -0.357 e. The molecular weight excluding hydrogens is 318 g/mol. The fourth-order valence-corrected chi connectivity index (χ4v) is 3.45. The molecule has 7 nitrogen and oxygen atoms in total. The Bertz CT molecular complexity index is 745. The number of carbonyl (C=O) groups excluding carboxylic acids is 1. The number of carbonyl (C=O) groups is 1. The van der Waals surface area contributed by atoms with Crippen molar-refractivity contribution in [1.29, 1.82) is 0 Å². The molecule has 2 aromatic heterocycles. The smallest absolute Gasteiger partial charge is 0.316 e. The molecule has 132 valence electrons. The summed E-state index contributed by atoms with van der Waals surface area (Å²) < 4.78 is 5.21. The van der Waals surface area contributed by atoms with Crippen LogP contribution < -0.4 is 4.90 Å². The van der Waals surface area contributed by atoms with Crippen molar-refractivity contribution in [3.05, 3.63) is 24.2 Å². The topological polar surface area (TPSA) is 75.4 Å². The first-order chi connectivity index (χ1) is 12.2. The minimum absolute atomic E-state index is 0.0714. The Labute approximate surface area is 147 Å². The van der Waals surface area contributed by atoms with Crippen LogP contribution in [0.15, 0.2) is 22.9 Å². The number of anilines is 1. The summed E-state index contributed by atoms with van der Waals surface area (Å²) in [6, 6.07) is 3.83. The van der Waals surface area contributed by atoms with Gasteiger partial charge in [0.2, 0.25) is 5.82 Å². The molecule has 0 aromatic carbocycles. The molecule has 0 aliphatic carbocycles. The summed E-state index contributed by atoms with van der Waals surface area (Å²) in [4.78, 5) is 25.2. The molecule has 1 amide bonds. The van der Waals surface area contributed by atoms with Gasteiger partial charge in [0.15, 0.2) is 0 Å². The maximum Gasteiger partial charge on any atom is 0.316 e. The molecule has 2 aliphatic heterocycles. The molecule has 2 saturated heterocycles. The van der Waals surface area contributed by atoms with Crippen LogP contribution in [0.4, 0.5) is 5.82 Å². The van der Waals surface area contributed by atoms with Crippen LogP contribution in [-0.4, -0.2) is 52.1 Å². The molecular formula is C18H23N5O2. The largest absolute Gasteiger partial charge is 0.357 e. The van der Waals surface area contributed by atoms with Gasteiger partial charge in [-0.2, -0.15) is 4.98 Å². The van der Waals surface area contributed by atoms with Crippen LogP contribution in [0.5, 0.6) is 0 Å². The summed E-state index contributed by atoms with van der Waals surface area (Å²) in [6.07, 6.45) is 6.20. The SMILES string of the molecule is CC1CCN(c2cc(-c3noc(C(=O)N4CCCC4)n3)ccn2)CC1. The van der Waals surface area contributed by atoms with Gasteiger partial charge >= 0.3 is 11.8 Å². The average molecular weight is 341 g/mol. The number of pyridine rings is 1. The second-order valence-electron chi connectivity index (χ2n) is 6.99. The number of hydrogen-bond acceptors (Lipinski definition) is 6. The molecule has 7 heteroatoms. The average Bonchev–Trinajstić information content (AvgIpc) is 3.34. The van der Waals surface area contributed by atoms with Crippen molar-refractivity contribution < 1.29 is 9.32 Å². The van der Waals surface area contributed by atoms with Crippen molar-refractivity contribution in [2.75, 3.05) is 31.1 Å². The summed E-state index contributed by atoms with van der Waals surface area (Å²) in [5.41, 5.74) is 0.827. The fourth-order valence-electron chi connectivity index (χ4n) is 3.45. The lowest BCUT2D eigenvalue weighted by Gasteiger charge is -2.31. The third-order valence-electron chi connectivity index (χ3n) is 5.11. The molecule has 2 fully saturated rings. The van der Waals surface area contributed by atoms with Gasteiger partial charge in [0.05, 0.1) is 0 Å². The van der Waals surface area contributed by atoms with Crippen LogP contribution in [0.25, 0.3) is 11.4 Å². The van der Waals surface area contributed by atoms with Crippen LogP contribution in [0, 0.1) is 5.92 Å². The Morgan fingerprint density at radius 2 is 1.96 bits per heavy atom. The Balaban J connectivity index is 1.52. The molecule has 2 aliphatic rings. The Hall–Kier alpha value is -2.44. The van der Waals surface area contributed by atoms with E-state index in [4.69, 9.17) is 4.52 Å². The predicted molar refractivity (Wildman–Crippen MR) is 93.3 cm³/mol. The Morgan fingerprint density at radius 3 is 2.72 bits per heavy atom. The van der Waals surface area contributed by atoms with Crippen LogP contribution in [0.1, 0.15) is 43.3 Å². The van der Waals surface area contributed by atoms with Gasteiger partial charge in [-0.05, 0) is 43.7 Å². The minimum atomic E-state index is -0.171. The maximum absolute atomic E-state index is 12.3.